The first-order valence-corrected chi connectivity index (χ1v) is 7.03. The second-order valence-corrected chi connectivity index (χ2v) is 5.46. The molecule has 1 aromatic heterocycles. The molecule has 7 heteroatoms. The van der Waals surface area contributed by atoms with Crippen LogP contribution in [0.15, 0.2) is 36.9 Å². The lowest BCUT2D eigenvalue weighted by atomic mass is 10.0. The van der Waals surface area contributed by atoms with Crippen molar-refractivity contribution < 1.29 is 4.79 Å². The maximum Gasteiger partial charge on any atom is 0.237 e. The van der Waals surface area contributed by atoms with Crippen molar-refractivity contribution in [3.63, 3.8) is 0 Å². The molecule has 22 heavy (non-hydrogen) atoms. The van der Waals surface area contributed by atoms with Gasteiger partial charge in [-0.05, 0) is 30.0 Å². The molecule has 0 aliphatic heterocycles. The van der Waals surface area contributed by atoms with E-state index >= 15 is 0 Å². The van der Waals surface area contributed by atoms with Gasteiger partial charge < -0.3 is 11.1 Å². The Balaban J connectivity index is 0.00000242. The lowest BCUT2D eigenvalue weighted by molar-refractivity contribution is -0.122. The standard InChI is InChI=1S/C15H21N5O.ClH/c1-11(2)6-14(16)15(21)18-8-12-4-3-5-13(7-12)20-10-17-9-19-20;/h3-5,7,9-11,14H,6,8,16H2,1-2H3,(H,18,21);1H/t14-;/m0./s1. The summed E-state index contributed by atoms with van der Waals surface area (Å²) >= 11 is 0. The van der Waals surface area contributed by atoms with Crippen LogP contribution in [0.3, 0.4) is 0 Å². The van der Waals surface area contributed by atoms with Crippen molar-refractivity contribution in [2.24, 2.45) is 11.7 Å². The number of hydrogen-bond acceptors (Lipinski definition) is 4. The number of nitrogens with zero attached hydrogens (tertiary/aromatic N) is 3. The SMILES string of the molecule is CC(C)C[C@H](N)C(=O)NCc1cccc(-n2cncn2)c1.Cl. The first kappa shape index (κ1) is 18.1. The Labute approximate surface area is 136 Å². The summed E-state index contributed by atoms with van der Waals surface area (Å²) in [5.74, 6) is 0.288. The van der Waals surface area contributed by atoms with E-state index in [-0.39, 0.29) is 18.3 Å². The molecule has 0 spiro atoms. The molecule has 2 aromatic rings. The third kappa shape index (κ3) is 5.13. The van der Waals surface area contributed by atoms with Gasteiger partial charge in [-0.25, -0.2) is 9.67 Å². The summed E-state index contributed by atoms with van der Waals surface area (Å²) in [4.78, 5) is 15.8. The van der Waals surface area contributed by atoms with Crippen molar-refractivity contribution in [1.82, 2.24) is 20.1 Å². The Hall–Kier alpha value is -1.92. The molecule has 0 radical (unpaired) electrons. The normalized spacial score (nSPS) is 11.8. The molecular weight excluding hydrogens is 302 g/mol. The zero-order chi connectivity index (χ0) is 15.2. The van der Waals surface area contributed by atoms with Gasteiger partial charge in [0.05, 0.1) is 11.7 Å². The minimum Gasteiger partial charge on any atom is -0.351 e. The molecule has 0 saturated heterocycles. The molecule has 2 rings (SSSR count). The van der Waals surface area contributed by atoms with E-state index in [1.54, 1.807) is 11.0 Å². The lowest BCUT2D eigenvalue weighted by Crippen LogP contribution is -2.41. The van der Waals surface area contributed by atoms with Gasteiger partial charge in [0, 0.05) is 6.54 Å². The van der Waals surface area contributed by atoms with E-state index in [1.165, 1.54) is 6.33 Å². The number of aromatic nitrogens is 3. The maximum atomic E-state index is 11.9. The molecule has 0 aliphatic carbocycles. The number of nitrogens with two attached hydrogens (primary N) is 1. The summed E-state index contributed by atoms with van der Waals surface area (Å²) in [6.45, 7) is 4.55. The van der Waals surface area contributed by atoms with Gasteiger partial charge in [-0.1, -0.05) is 26.0 Å². The Kier molecular flexibility index (Phi) is 7.01. The largest absolute Gasteiger partial charge is 0.351 e. The average molecular weight is 324 g/mol. The van der Waals surface area contributed by atoms with Crippen molar-refractivity contribution in [1.29, 1.82) is 0 Å². The molecule has 3 N–H and O–H groups in total. The molecule has 0 aliphatic rings. The fourth-order valence-electron chi connectivity index (χ4n) is 2.09. The van der Waals surface area contributed by atoms with E-state index in [0.29, 0.717) is 18.9 Å². The minimum atomic E-state index is -0.455. The highest BCUT2D eigenvalue weighted by atomic mass is 35.5. The number of amides is 1. The van der Waals surface area contributed by atoms with E-state index in [9.17, 15) is 4.79 Å². The van der Waals surface area contributed by atoms with Gasteiger partial charge >= 0.3 is 0 Å². The Morgan fingerprint density at radius 3 is 2.82 bits per heavy atom. The van der Waals surface area contributed by atoms with Gasteiger partial charge in [-0.2, -0.15) is 5.10 Å². The third-order valence-electron chi connectivity index (χ3n) is 3.12. The third-order valence-corrected chi connectivity index (χ3v) is 3.12. The number of carbonyl (C=O) groups is 1. The first-order chi connectivity index (χ1) is 10.1. The van der Waals surface area contributed by atoms with Crippen LogP contribution < -0.4 is 11.1 Å². The van der Waals surface area contributed by atoms with Gasteiger partial charge in [0.15, 0.2) is 0 Å². The fraction of sp³-hybridized carbons (Fsp3) is 0.400. The number of halogens is 1. The van der Waals surface area contributed by atoms with Crippen LogP contribution in [0, 0.1) is 5.92 Å². The van der Waals surface area contributed by atoms with Crippen molar-refractivity contribution in [2.45, 2.75) is 32.9 Å². The molecule has 0 saturated carbocycles. The maximum absolute atomic E-state index is 11.9. The number of hydrogen-bond donors (Lipinski definition) is 2. The predicted octanol–water partition coefficient (Wildman–Crippen LogP) is 1.68. The van der Waals surface area contributed by atoms with E-state index in [2.05, 4.69) is 29.2 Å². The molecule has 0 fully saturated rings. The fourth-order valence-corrected chi connectivity index (χ4v) is 2.09. The van der Waals surface area contributed by atoms with Crippen LogP contribution in [0.5, 0.6) is 0 Å². The number of benzene rings is 1. The molecule has 1 amide bonds. The summed E-state index contributed by atoms with van der Waals surface area (Å²) in [5, 5.41) is 6.95. The topological polar surface area (TPSA) is 85.8 Å². The monoisotopic (exact) mass is 323 g/mol. The van der Waals surface area contributed by atoms with Crippen LogP contribution in [-0.2, 0) is 11.3 Å². The van der Waals surface area contributed by atoms with Crippen molar-refractivity contribution in [2.75, 3.05) is 0 Å². The minimum absolute atomic E-state index is 0. The molecule has 0 unspecified atom stereocenters. The molecule has 1 aromatic carbocycles. The van der Waals surface area contributed by atoms with Gasteiger partial charge in [-0.15, -0.1) is 12.4 Å². The van der Waals surface area contributed by atoms with Crippen molar-refractivity contribution >= 4 is 18.3 Å². The van der Waals surface area contributed by atoms with Crippen LogP contribution in [0.2, 0.25) is 0 Å². The zero-order valence-electron chi connectivity index (χ0n) is 12.8. The summed E-state index contributed by atoms with van der Waals surface area (Å²) in [5.41, 5.74) is 7.76. The van der Waals surface area contributed by atoms with Gasteiger partial charge in [0.25, 0.3) is 0 Å². The number of nitrogens with one attached hydrogen (secondary N) is 1. The van der Waals surface area contributed by atoms with Gasteiger partial charge in [0.1, 0.15) is 12.7 Å². The van der Waals surface area contributed by atoms with Crippen LogP contribution in [0.1, 0.15) is 25.8 Å². The summed E-state index contributed by atoms with van der Waals surface area (Å²) < 4.78 is 1.68. The quantitative estimate of drug-likeness (QED) is 0.847. The van der Waals surface area contributed by atoms with E-state index in [4.69, 9.17) is 5.73 Å². The van der Waals surface area contributed by atoms with Crippen molar-refractivity contribution in [3.8, 4) is 5.69 Å². The smallest absolute Gasteiger partial charge is 0.237 e. The molecule has 120 valence electrons. The molecular formula is C15H22ClN5O. The lowest BCUT2D eigenvalue weighted by Gasteiger charge is -2.14. The highest BCUT2D eigenvalue weighted by Gasteiger charge is 2.14. The Morgan fingerprint density at radius 2 is 2.18 bits per heavy atom. The van der Waals surface area contributed by atoms with E-state index in [0.717, 1.165) is 11.3 Å². The van der Waals surface area contributed by atoms with Crippen LogP contribution >= 0.6 is 12.4 Å². The molecule has 6 nitrogen and oxygen atoms in total. The second kappa shape index (κ2) is 8.51. The highest BCUT2D eigenvalue weighted by molar-refractivity contribution is 5.85. The molecule has 0 bridgehead atoms. The first-order valence-electron chi connectivity index (χ1n) is 7.03. The number of carbonyl (C=O) groups excluding carboxylic acids is 1. The average Bonchev–Trinajstić information content (AvgIpc) is 2.98. The van der Waals surface area contributed by atoms with Gasteiger partial charge in [0.2, 0.25) is 5.91 Å². The van der Waals surface area contributed by atoms with E-state index in [1.807, 2.05) is 24.3 Å². The van der Waals surface area contributed by atoms with Crippen LogP contribution in [0.25, 0.3) is 5.69 Å². The van der Waals surface area contributed by atoms with Crippen molar-refractivity contribution in [3.05, 3.63) is 42.5 Å². The number of rotatable bonds is 6. The summed E-state index contributed by atoms with van der Waals surface area (Å²) in [6.07, 6.45) is 3.81. The summed E-state index contributed by atoms with van der Waals surface area (Å²) in [6, 6.07) is 7.32. The molecule has 1 atom stereocenters. The Morgan fingerprint density at radius 1 is 1.41 bits per heavy atom. The van der Waals surface area contributed by atoms with Crippen LogP contribution in [-0.4, -0.2) is 26.7 Å². The van der Waals surface area contributed by atoms with Crippen LogP contribution in [0.4, 0.5) is 0 Å². The second-order valence-electron chi connectivity index (χ2n) is 5.46. The predicted molar refractivity (Wildman–Crippen MR) is 87.9 cm³/mol. The zero-order valence-corrected chi connectivity index (χ0v) is 13.6. The van der Waals surface area contributed by atoms with E-state index < -0.39 is 6.04 Å². The van der Waals surface area contributed by atoms with Gasteiger partial charge in [-0.3, -0.25) is 4.79 Å². The summed E-state index contributed by atoms with van der Waals surface area (Å²) in [7, 11) is 0. The highest BCUT2D eigenvalue weighted by Crippen LogP contribution is 2.09. The Bertz CT molecular complexity index is 585. The molecule has 1 heterocycles.